The molecule has 0 aliphatic rings. The summed E-state index contributed by atoms with van der Waals surface area (Å²) >= 11 is 1.45. The Kier molecular flexibility index (Phi) is 3.42. The van der Waals surface area contributed by atoms with Crippen molar-refractivity contribution in [1.82, 2.24) is 9.88 Å². The molecule has 0 aromatic carbocycles. The summed E-state index contributed by atoms with van der Waals surface area (Å²) in [5.74, 6) is 0.502. The third-order valence-electron chi connectivity index (χ3n) is 1.64. The first kappa shape index (κ1) is 10.2. The normalized spacial score (nSPS) is 10.5. The Morgan fingerprint density at radius 3 is 2.85 bits per heavy atom. The summed E-state index contributed by atoms with van der Waals surface area (Å²) in [5, 5.41) is 1.78. The van der Waals surface area contributed by atoms with Gasteiger partial charge in [-0.2, -0.15) is 0 Å². The van der Waals surface area contributed by atoms with Gasteiger partial charge in [0.2, 0.25) is 0 Å². The maximum atomic E-state index is 11.6. The van der Waals surface area contributed by atoms with Crippen LogP contribution in [0.5, 0.6) is 0 Å². The van der Waals surface area contributed by atoms with Crippen molar-refractivity contribution in [2.24, 2.45) is 5.92 Å². The van der Waals surface area contributed by atoms with Crippen LogP contribution >= 0.6 is 11.3 Å². The van der Waals surface area contributed by atoms with Gasteiger partial charge in [0.05, 0.1) is 5.51 Å². The molecule has 72 valence electrons. The van der Waals surface area contributed by atoms with Gasteiger partial charge in [-0.25, -0.2) is 4.98 Å². The van der Waals surface area contributed by atoms with E-state index in [-0.39, 0.29) is 5.91 Å². The molecule has 0 N–H and O–H groups in total. The Bertz CT molecular complexity index is 269. The predicted molar refractivity (Wildman–Crippen MR) is 53.9 cm³/mol. The highest BCUT2D eigenvalue weighted by atomic mass is 32.1. The lowest BCUT2D eigenvalue weighted by Crippen LogP contribution is -2.30. The van der Waals surface area contributed by atoms with E-state index >= 15 is 0 Å². The lowest BCUT2D eigenvalue weighted by molar-refractivity contribution is 0.0774. The minimum atomic E-state index is 0.00921. The zero-order valence-electron chi connectivity index (χ0n) is 8.15. The summed E-state index contributed by atoms with van der Waals surface area (Å²) in [6.07, 6.45) is 0. The molecule has 0 aliphatic carbocycles. The lowest BCUT2D eigenvalue weighted by atomic mass is 10.2. The Morgan fingerprint density at radius 2 is 2.38 bits per heavy atom. The molecule has 1 heterocycles. The first-order valence-electron chi connectivity index (χ1n) is 4.25. The lowest BCUT2D eigenvalue weighted by Gasteiger charge is -2.17. The number of aromatic nitrogens is 1. The topological polar surface area (TPSA) is 33.2 Å². The van der Waals surface area contributed by atoms with Crippen molar-refractivity contribution in [3.8, 4) is 0 Å². The van der Waals surface area contributed by atoms with E-state index in [0.29, 0.717) is 11.6 Å². The first-order valence-corrected chi connectivity index (χ1v) is 5.19. The van der Waals surface area contributed by atoms with Gasteiger partial charge in [0.25, 0.3) is 5.91 Å². The second kappa shape index (κ2) is 4.37. The molecule has 4 heteroatoms. The summed E-state index contributed by atoms with van der Waals surface area (Å²) in [4.78, 5) is 17.3. The number of rotatable bonds is 3. The zero-order chi connectivity index (χ0) is 9.84. The van der Waals surface area contributed by atoms with Gasteiger partial charge in [0.1, 0.15) is 5.69 Å². The fourth-order valence-corrected chi connectivity index (χ4v) is 1.67. The van der Waals surface area contributed by atoms with Gasteiger partial charge in [0, 0.05) is 19.0 Å². The molecule has 0 saturated heterocycles. The molecule has 1 rings (SSSR count). The fraction of sp³-hybridized carbons (Fsp3) is 0.556. The van der Waals surface area contributed by atoms with Crippen LogP contribution in [-0.4, -0.2) is 29.4 Å². The van der Waals surface area contributed by atoms with Crippen LogP contribution in [0.15, 0.2) is 10.9 Å². The average Bonchev–Trinajstić information content (AvgIpc) is 2.53. The summed E-state index contributed by atoms with van der Waals surface area (Å²) < 4.78 is 0. The molecule has 0 unspecified atom stereocenters. The molecule has 0 aliphatic heterocycles. The SMILES string of the molecule is CC(C)CN(C)C(=O)c1cscn1. The van der Waals surface area contributed by atoms with Crippen LogP contribution in [0.2, 0.25) is 0 Å². The molecule has 1 aromatic heterocycles. The largest absolute Gasteiger partial charge is 0.340 e. The summed E-state index contributed by atoms with van der Waals surface area (Å²) in [5.41, 5.74) is 2.23. The van der Waals surface area contributed by atoms with Gasteiger partial charge in [-0.15, -0.1) is 11.3 Å². The van der Waals surface area contributed by atoms with E-state index in [9.17, 15) is 4.79 Å². The first-order chi connectivity index (χ1) is 6.11. The molecular formula is C9H14N2OS. The predicted octanol–water partition coefficient (Wildman–Crippen LogP) is 1.87. The Labute approximate surface area is 82.4 Å². The maximum Gasteiger partial charge on any atom is 0.273 e. The fourth-order valence-electron chi connectivity index (χ4n) is 1.14. The van der Waals surface area contributed by atoms with Gasteiger partial charge in [-0.1, -0.05) is 13.8 Å². The van der Waals surface area contributed by atoms with Crippen LogP contribution in [0.1, 0.15) is 24.3 Å². The van der Waals surface area contributed by atoms with Crippen molar-refractivity contribution in [3.63, 3.8) is 0 Å². The summed E-state index contributed by atoms with van der Waals surface area (Å²) in [6.45, 7) is 4.95. The number of thiazole rings is 1. The zero-order valence-corrected chi connectivity index (χ0v) is 8.97. The minimum absolute atomic E-state index is 0.00921. The van der Waals surface area contributed by atoms with Gasteiger partial charge in [-0.05, 0) is 5.92 Å². The monoisotopic (exact) mass is 198 g/mol. The molecule has 3 nitrogen and oxygen atoms in total. The molecule has 0 fully saturated rings. The van der Waals surface area contributed by atoms with Crippen LogP contribution in [0.25, 0.3) is 0 Å². The number of amides is 1. The summed E-state index contributed by atoms with van der Waals surface area (Å²) in [7, 11) is 1.81. The van der Waals surface area contributed by atoms with Crippen molar-refractivity contribution < 1.29 is 4.79 Å². The van der Waals surface area contributed by atoms with Gasteiger partial charge < -0.3 is 4.90 Å². The Balaban J connectivity index is 2.58. The van der Waals surface area contributed by atoms with Crippen LogP contribution in [-0.2, 0) is 0 Å². The van der Waals surface area contributed by atoms with Crippen molar-refractivity contribution >= 4 is 17.2 Å². The smallest absolute Gasteiger partial charge is 0.273 e. The number of nitrogens with zero attached hydrogens (tertiary/aromatic N) is 2. The summed E-state index contributed by atoms with van der Waals surface area (Å²) in [6, 6.07) is 0. The Morgan fingerprint density at radius 1 is 1.69 bits per heavy atom. The average molecular weight is 198 g/mol. The second-order valence-corrected chi connectivity index (χ2v) is 4.17. The molecule has 0 bridgehead atoms. The van der Waals surface area contributed by atoms with Crippen LogP contribution in [0.4, 0.5) is 0 Å². The maximum absolute atomic E-state index is 11.6. The third-order valence-corrected chi connectivity index (χ3v) is 2.22. The van der Waals surface area contributed by atoms with E-state index in [1.54, 1.807) is 15.8 Å². The molecule has 0 atom stereocenters. The Hall–Kier alpha value is -0.900. The quantitative estimate of drug-likeness (QED) is 0.743. The molecule has 0 spiro atoms. The highest BCUT2D eigenvalue weighted by Crippen LogP contribution is 2.06. The number of hydrogen-bond acceptors (Lipinski definition) is 3. The van der Waals surface area contributed by atoms with Crippen LogP contribution in [0, 0.1) is 5.92 Å². The minimum Gasteiger partial charge on any atom is -0.340 e. The van der Waals surface area contributed by atoms with Gasteiger partial charge in [0.15, 0.2) is 0 Å². The van der Waals surface area contributed by atoms with Crippen molar-refractivity contribution in [1.29, 1.82) is 0 Å². The molecule has 1 aromatic rings. The molecule has 1 amide bonds. The third kappa shape index (κ3) is 2.81. The molecular weight excluding hydrogens is 184 g/mol. The van der Waals surface area contributed by atoms with E-state index in [4.69, 9.17) is 0 Å². The van der Waals surface area contributed by atoms with Crippen molar-refractivity contribution in [2.75, 3.05) is 13.6 Å². The van der Waals surface area contributed by atoms with Crippen LogP contribution < -0.4 is 0 Å². The number of carbonyl (C=O) groups is 1. The van der Waals surface area contributed by atoms with E-state index < -0.39 is 0 Å². The van der Waals surface area contributed by atoms with E-state index in [2.05, 4.69) is 18.8 Å². The number of hydrogen-bond donors (Lipinski definition) is 0. The number of carbonyl (C=O) groups excluding carboxylic acids is 1. The van der Waals surface area contributed by atoms with E-state index in [1.165, 1.54) is 11.3 Å². The molecule has 0 saturated carbocycles. The van der Waals surface area contributed by atoms with Gasteiger partial charge in [-0.3, -0.25) is 4.79 Å². The standard InChI is InChI=1S/C9H14N2OS/c1-7(2)4-11(3)9(12)8-5-13-6-10-8/h5-7H,4H2,1-3H3. The highest BCUT2D eigenvalue weighted by molar-refractivity contribution is 7.07. The molecule has 0 radical (unpaired) electrons. The van der Waals surface area contributed by atoms with Crippen LogP contribution in [0.3, 0.4) is 0 Å². The second-order valence-electron chi connectivity index (χ2n) is 3.45. The van der Waals surface area contributed by atoms with E-state index in [0.717, 1.165) is 6.54 Å². The highest BCUT2D eigenvalue weighted by Gasteiger charge is 2.13. The van der Waals surface area contributed by atoms with Crippen molar-refractivity contribution in [2.45, 2.75) is 13.8 Å². The van der Waals surface area contributed by atoms with E-state index in [1.807, 2.05) is 7.05 Å². The molecule has 13 heavy (non-hydrogen) atoms. The van der Waals surface area contributed by atoms with Gasteiger partial charge >= 0.3 is 0 Å². The van der Waals surface area contributed by atoms with Crippen molar-refractivity contribution in [3.05, 3.63) is 16.6 Å².